The molecule has 0 spiro atoms. The van der Waals surface area contributed by atoms with Crippen LogP contribution in [0.1, 0.15) is 61.3 Å². The van der Waals surface area contributed by atoms with E-state index < -0.39 is 5.60 Å². The Balaban J connectivity index is 2.38. The molecule has 5 nitrogen and oxygen atoms in total. The van der Waals surface area contributed by atoms with Crippen LogP contribution in [0.25, 0.3) is 0 Å². The van der Waals surface area contributed by atoms with Crippen LogP contribution in [0.15, 0.2) is 0 Å². The van der Waals surface area contributed by atoms with Crippen LogP contribution in [0.5, 0.6) is 0 Å². The van der Waals surface area contributed by atoms with Crippen molar-refractivity contribution in [1.82, 2.24) is 15.5 Å². The molecule has 1 saturated heterocycles. The van der Waals surface area contributed by atoms with E-state index >= 15 is 0 Å². The van der Waals surface area contributed by atoms with Gasteiger partial charge in [0.25, 0.3) is 0 Å². The molecule has 1 fully saturated rings. The Kier molecular flexibility index (Phi) is 6.90. The highest BCUT2D eigenvalue weighted by molar-refractivity contribution is 5.68. The van der Waals surface area contributed by atoms with Gasteiger partial charge in [-0.3, -0.25) is 0 Å². The molecule has 0 radical (unpaired) electrons. The van der Waals surface area contributed by atoms with Crippen LogP contribution in [0.2, 0.25) is 0 Å². The van der Waals surface area contributed by atoms with Gasteiger partial charge in [-0.15, -0.1) is 0 Å². The van der Waals surface area contributed by atoms with Gasteiger partial charge >= 0.3 is 6.09 Å². The Morgan fingerprint density at radius 3 is 2.39 bits per heavy atom. The Morgan fingerprint density at radius 1 is 1.17 bits per heavy atom. The highest BCUT2D eigenvalue weighted by atomic mass is 16.6. The number of hydrogen-bond acceptors (Lipinski definition) is 4. The molecule has 2 N–H and O–H groups in total. The van der Waals surface area contributed by atoms with E-state index in [1.807, 2.05) is 25.7 Å². The van der Waals surface area contributed by atoms with E-state index in [0.29, 0.717) is 0 Å². The van der Waals surface area contributed by atoms with Gasteiger partial charge in [-0.05, 0) is 59.8 Å². The highest BCUT2D eigenvalue weighted by Crippen LogP contribution is 2.29. The van der Waals surface area contributed by atoms with E-state index in [9.17, 15) is 4.79 Å². The number of carbonyl (C=O) groups excluding carboxylic acids is 1. The second-order valence-electron chi connectivity index (χ2n) is 9.17. The van der Waals surface area contributed by atoms with Crippen LogP contribution in [0.4, 0.5) is 4.79 Å². The van der Waals surface area contributed by atoms with E-state index in [4.69, 9.17) is 4.74 Å². The maximum atomic E-state index is 12.3. The van der Waals surface area contributed by atoms with Crippen molar-refractivity contribution in [3.8, 4) is 0 Å². The van der Waals surface area contributed by atoms with Crippen molar-refractivity contribution in [2.75, 3.05) is 32.7 Å². The summed E-state index contributed by atoms with van der Waals surface area (Å²) < 4.78 is 5.51. The molecule has 1 unspecified atom stereocenters. The molecule has 1 rings (SSSR count). The van der Waals surface area contributed by atoms with Gasteiger partial charge < -0.3 is 20.3 Å². The monoisotopic (exact) mass is 327 g/mol. The molecular weight excluding hydrogens is 290 g/mol. The SMILES string of the molecule is CC1(CNCCNC(C)(C)C)CCCN(C(=O)OC(C)(C)C)C1. The van der Waals surface area contributed by atoms with Gasteiger partial charge in [-0.1, -0.05) is 6.92 Å². The lowest BCUT2D eigenvalue weighted by Crippen LogP contribution is -2.50. The molecule has 1 amide bonds. The third-order valence-corrected chi connectivity index (χ3v) is 3.94. The molecule has 23 heavy (non-hydrogen) atoms. The zero-order valence-electron chi connectivity index (χ0n) is 16.2. The molecular formula is C18H37N3O2. The molecule has 0 saturated carbocycles. The first-order valence-corrected chi connectivity index (χ1v) is 8.84. The fourth-order valence-electron chi connectivity index (χ4n) is 2.86. The second-order valence-corrected chi connectivity index (χ2v) is 9.17. The topological polar surface area (TPSA) is 53.6 Å². The summed E-state index contributed by atoms with van der Waals surface area (Å²) in [7, 11) is 0. The van der Waals surface area contributed by atoms with Gasteiger partial charge in [0.15, 0.2) is 0 Å². The maximum absolute atomic E-state index is 12.3. The average Bonchev–Trinajstić information content (AvgIpc) is 2.34. The summed E-state index contributed by atoms with van der Waals surface area (Å²) in [5.74, 6) is 0. The molecule has 0 aromatic heterocycles. The summed E-state index contributed by atoms with van der Waals surface area (Å²) in [5, 5.41) is 7.01. The molecule has 5 heteroatoms. The molecule has 136 valence electrons. The summed E-state index contributed by atoms with van der Waals surface area (Å²) in [5.41, 5.74) is -0.150. The minimum Gasteiger partial charge on any atom is -0.444 e. The molecule has 1 heterocycles. The summed E-state index contributed by atoms with van der Waals surface area (Å²) in [4.78, 5) is 14.1. The Morgan fingerprint density at radius 2 is 1.83 bits per heavy atom. The highest BCUT2D eigenvalue weighted by Gasteiger charge is 2.34. The van der Waals surface area contributed by atoms with Crippen LogP contribution in [0.3, 0.4) is 0 Å². The van der Waals surface area contributed by atoms with Crippen molar-refractivity contribution < 1.29 is 9.53 Å². The number of carbonyl (C=O) groups is 1. The van der Waals surface area contributed by atoms with E-state index in [0.717, 1.165) is 45.6 Å². The predicted molar refractivity (Wildman–Crippen MR) is 95.8 cm³/mol. The van der Waals surface area contributed by atoms with Crippen molar-refractivity contribution >= 4 is 6.09 Å². The lowest BCUT2D eigenvalue weighted by atomic mass is 9.82. The summed E-state index contributed by atoms with van der Waals surface area (Å²) in [6.07, 6.45) is 2.00. The van der Waals surface area contributed by atoms with Crippen molar-refractivity contribution in [3.05, 3.63) is 0 Å². The third-order valence-electron chi connectivity index (χ3n) is 3.94. The quantitative estimate of drug-likeness (QED) is 0.762. The Labute approximate surface area is 142 Å². The fraction of sp³-hybridized carbons (Fsp3) is 0.944. The van der Waals surface area contributed by atoms with Crippen molar-refractivity contribution in [1.29, 1.82) is 0 Å². The lowest BCUT2D eigenvalue weighted by Gasteiger charge is -2.41. The minimum atomic E-state index is -0.429. The van der Waals surface area contributed by atoms with E-state index in [1.54, 1.807) is 0 Å². The van der Waals surface area contributed by atoms with Crippen LogP contribution < -0.4 is 10.6 Å². The normalized spacial score (nSPS) is 23.0. The fourth-order valence-corrected chi connectivity index (χ4v) is 2.86. The summed E-state index contributed by atoms with van der Waals surface area (Å²) in [6.45, 7) is 18.9. The summed E-state index contributed by atoms with van der Waals surface area (Å²) in [6, 6.07) is 0. The van der Waals surface area contributed by atoms with Gasteiger partial charge in [-0.25, -0.2) is 4.79 Å². The van der Waals surface area contributed by atoms with Crippen LogP contribution >= 0.6 is 0 Å². The molecule has 1 atom stereocenters. The number of nitrogens with zero attached hydrogens (tertiary/aromatic N) is 1. The molecule has 1 aliphatic heterocycles. The molecule has 1 aliphatic rings. The van der Waals surface area contributed by atoms with Crippen LogP contribution in [0, 0.1) is 5.41 Å². The number of rotatable bonds is 5. The standard InChI is InChI=1S/C18H37N3O2/c1-16(2,3)20-11-10-19-13-18(7)9-8-12-21(14-18)15(22)23-17(4,5)6/h19-20H,8-14H2,1-7H3. The largest absolute Gasteiger partial charge is 0.444 e. The molecule has 0 bridgehead atoms. The van der Waals surface area contributed by atoms with Gasteiger partial charge in [-0.2, -0.15) is 0 Å². The van der Waals surface area contributed by atoms with Gasteiger partial charge in [0.2, 0.25) is 0 Å². The smallest absolute Gasteiger partial charge is 0.410 e. The third kappa shape index (κ3) is 8.56. The minimum absolute atomic E-state index is 0.122. The molecule has 0 aliphatic carbocycles. The summed E-state index contributed by atoms with van der Waals surface area (Å²) >= 11 is 0. The van der Waals surface area contributed by atoms with Gasteiger partial charge in [0.1, 0.15) is 5.60 Å². The van der Waals surface area contributed by atoms with Gasteiger partial charge in [0, 0.05) is 38.3 Å². The number of ether oxygens (including phenoxy) is 1. The zero-order chi connectivity index (χ0) is 17.7. The van der Waals surface area contributed by atoms with Crippen molar-refractivity contribution in [2.45, 2.75) is 72.4 Å². The number of nitrogens with one attached hydrogen (secondary N) is 2. The Hall–Kier alpha value is -0.810. The first-order chi connectivity index (χ1) is 10.4. The number of likely N-dealkylation sites (tertiary alicyclic amines) is 1. The second kappa shape index (κ2) is 7.84. The number of amides is 1. The van der Waals surface area contributed by atoms with E-state index in [1.165, 1.54) is 0 Å². The van der Waals surface area contributed by atoms with Crippen molar-refractivity contribution in [3.63, 3.8) is 0 Å². The lowest BCUT2D eigenvalue weighted by molar-refractivity contribution is 0.00682. The number of hydrogen-bond donors (Lipinski definition) is 2. The molecule has 0 aromatic rings. The predicted octanol–water partition coefficient (Wildman–Crippen LogP) is 3.00. The first-order valence-electron chi connectivity index (χ1n) is 8.84. The van der Waals surface area contributed by atoms with E-state index in [-0.39, 0.29) is 17.0 Å². The Bertz CT molecular complexity index is 385. The van der Waals surface area contributed by atoms with Crippen LogP contribution in [-0.2, 0) is 4.74 Å². The van der Waals surface area contributed by atoms with Gasteiger partial charge in [0.05, 0.1) is 0 Å². The maximum Gasteiger partial charge on any atom is 0.410 e. The van der Waals surface area contributed by atoms with Crippen LogP contribution in [-0.4, -0.2) is 54.9 Å². The molecule has 0 aromatic carbocycles. The first kappa shape index (κ1) is 20.2. The number of piperidine rings is 1. The average molecular weight is 328 g/mol. The van der Waals surface area contributed by atoms with Crippen molar-refractivity contribution in [2.24, 2.45) is 5.41 Å². The zero-order valence-corrected chi connectivity index (χ0v) is 16.2. The van der Waals surface area contributed by atoms with E-state index in [2.05, 4.69) is 38.3 Å².